The van der Waals surface area contributed by atoms with Crippen molar-refractivity contribution in [1.82, 2.24) is 10.2 Å². The van der Waals surface area contributed by atoms with Gasteiger partial charge in [0, 0.05) is 32.6 Å². The van der Waals surface area contributed by atoms with Crippen molar-refractivity contribution >= 4 is 17.6 Å². The van der Waals surface area contributed by atoms with Gasteiger partial charge >= 0.3 is 6.03 Å². The zero-order chi connectivity index (χ0) is 21.8. The van der Waals surface area contributed by atoms with Crippen molar-refractivity contribution in [1.29, 1.82) is 0 Å². The lowest BCUT2D eigenvalue weighted by molar-refractivity contribution is -0.116. The SMILES string of the molecule is CCCCOc1ccc(OC)cc1NC(=O)CCNC(=O)N(C)Cc1ccccc1. The monoisotopic (exact) mass is 413 g/mol. The summed E-state index contributed by atoms with van der Waals surface area (Å²) in [6, 6.07) is 14.8. The number of amides is 3. The molecule has 3 amide bonds. The van der Waals surface area contributed by atoms with Gasteiger partial charge in [0.15, 0.2) is 0 Å². The summed E-state index contributed by atoms with van der Waals surface area (Å²) in [5.41, 5.74) is 1.60. The largest absolute Gasteiger partial charge is 0.497 e. The van der Waals surface area contributed by atoms with Crippen LogP contribution >= 0.6 is 0 Å². The van der Waals surface area contributed by atoms with E-state index in [1.807, 2.05) is 30.3 Å². The van der Waals surface area contributed by atoms with Gasteiger partial charge in [0.25, 0.3) is 0 Å². The van der Waals surface area contributed by atoms with Gasteiger partial charge in [0.2, 0.25) is 5.91 Å². The molecule has 0 aliphatic rings. The van der Waals surface area contributed by atoms with Crippen LogP contribution in [0.5, 0.6) is 11.5 Å². The van der Waals surface area contributed by atoms with E-state index in [2.05, 4.69) is 17.6 Å². The fourth-order valence-corrected chi connectivity index (χ4v) is 2.75. The molecule has 0 atom stereocenters. The molecule has 0 spiro atoms. The minimum Gasteiger partial charge on any atom is -0.497 e. The number of hydrogen-bond donors (Lipinski definition) is 2. The number of benzene rings is 2. The van der Waals surface area contributed by atoms with Crippen molar-refractivity contribution in [3.05, 3.63) is 54.1 Å². The summed E-state index contributed by atoms with van der Waals surface area (Å²) in [5.74, 6) is 1.02. The summed E-state index contributed by atoms with van der Waals surface area (Å²) in [7, 11) is 3.29. The lowest BCUT2D eigenvalue weighted by Crippen LogP contribution is -2.38. The Balaban J connectivity index is 1.82. The normalized spacial score (nSPS) is 10.2. The van der Waals surface area contributed by atoms with Crippen LogP contribution in [-0.4, -0.2) is 44.1 Å². The average Bonchev–Trinajstić information content (AvgIpc) is 2.75. The fraction of sp³-hybridized carbons (Fsp3) is 0.391. The molecule has 0 saturated carbocycles. The second kappa shape index (κ2) is 12.4. The molecule has 30 heavy (non-hydrogen) atoms. The lowest BCUT2D eigenvalue weighted by atomic mass is 10.2. The number of hydrogen-bond acceptors (Lipinski definition) is 4. The van der Waals surface area contributed by atoms with Crippen molar-refractivity contribution < 1.29 is 19.1 Å². The van der Waals surface area contributed by atoms with E-state index in [0.29, 0.717) is 30.3 Å². The summed E-state index contributed by atoms with van der Waals surface area (Å²) in [6.45, 7) is 3.40. The second-order valence-electron chi connectivity index (χ2n) is 6.94. The molecule has 0 unspecified atom stereocenters. The van der Waals surface area contributed by atoms with E-state index in [0.717, 1.165) is 18.4 Å². The first-order chi connectivity index (χ1) is 14.5. The number of rotatable bonds is 11. The summed E-state index contributed by atoms with van der Waals surface area (Å²) in [5, 5.41) is 5.61. The molecule has 2 rings (SSSR count). The molecular formula is C23H31N3O4. The van der Waals surface area contributed by atoms with E-state index < -0.39 is 0 Å². The predicted octanol–water partition coefficient (Wildman–Crippen LogP) is 4.04. The van der Waals surface area contributed by atoms with Crippen LogP contribution in [0.1, 0.15) is 31.7 Å². The van der Waals surface area contributed by atoms with E-state index >= 15 is 0 Å². The number of urea groups is 1. The molecule has 2 N–H and O–H groups in total. The molecule has 7 nitrogen and oxygen atoms in total. The van der Waals surface area contributed by atoms with Gasteiger partial charge in [0.05, 0.1) is 19.4 Å². The first kappa shape index (κ1) is 23.1. The highest BCUT2D eigenvalue weighted by Crippen LogP contribution is 2.29. The minimum atomic E-state index is -0.225. The van der Waals surface area contributed by atoms with Crippen LogP contribution in [0, 0.1) is 0 Å². The van der Waals surface area contributed by atoms with Crippen LogP contribution < -0.4 is 20.1 Å². The van der Waals surface area contributed by atoms with Gasteiger partial charge in [-0.05, 0) is 24.1 Å². The lowest BCUT2D eigenvalue weighted by Gasteiger charge is -2.18. The molecule has 0 bridgehead atoms. The second-order valence-corrected chi connectivity index (χ2v) is 6.94. The van der Waals surface area contributed by atoms with Gasteiger partial charge < -0.3 is 25.0 Å². The third kappa shape index (κ3) is 7.66. The van der Waals surface area contributed by atoms with Crippen LogP contribution in [-0.2, 0) is 11.3 Å². The number of carbonyl (C=O) groups excluding carboxylic acids is 2. The van der Waals surface area contributed by atoms with E-state index in [-0.39, 0.29) is 24.9 Å². The molecule has 0 aliphatic carbocycles. The first-order valence-corrected chi connectivity index (χ1v) is 10.2. The first-order valence-electron chi connectivity index (χ1n) is 10.2. The van der Waals surface area contributed by atoms with Crippen LogP contribution in [0.4, 0.5) is 10.5 Å². The Morgan fingerprint density at radius 3 is 2.57 bits per heavy atom. The van der Waals surface area contributed by atoms with Crippen molar-refractivity contribution in [2.45, 2.75) is 32.7 Å². The van der Waals surface area contributed by atoms with Gasteiger partial charge in [0.1, 0.15) is 11.5 Å². The summed E-state index contributed by atoms with van der Waals surface area (Å²) < 4.78 is 11.0. The van der Waals surface area contributed by atoms with Gasteiger partial charge in [-0.15, -0.1) is 0 Å². The molecule has 0 aromatic heterocycles. The highest BCUT2D eigenvalue weighted by molar-refractivity contribution is 5.93. The Labute approximate surface area is 178 Å². The zero-order valence-electron chi connectivity index (χ0n) is 17.9. The number of nitrogens with one attached hydrogen (secondary N) is 2. The molecule has 0 aliphatic heterocycles. The molecule has 0 saturated heterocycles. The number of carbonyl (C=O) groups is 2. The molecule has 0 heterocycles. The molecule has 2 aromatic rings. The number of nitrogens with zero attached hydrogens (tertiary/aromatic N) is 1. The minimum absolute atomic E-state index is 0.149. The molecule has 7 heteroatoms. The smallest absolute Gasteiger partial charge is 0.317 e. The van der Waals surface area contributed by atoms with Crippen molar-refractivity contribution in [2.24, 2.45) is 0 Å². The molecule has 2 aromatic carbocycles. The van der Waals surface area contributed by atoms with Crippen molar-refractivity contribution in [3.63, 3.8) is 0 Å². The van der Waals surface area contributed by atoms with E-state index in [4.69, 9.17) is 9.47 Å². The third-order valence-electron chi connectivity index (χ3n) is 4.45. The summed E-state index contributed by atoms with van der Waals surface area (Å²) in [4.78, 5) is 26.2. The average molecular weight is 414 g/mol. The molecular weight excluding hydrogens is 382 g/mol. The van der Waals surface area contributed by atoms with E-state index in [9.17, 15) is 9.59 Å². The Bertz CT molecular complexity index is 811. The summed E-state index contributed by atoms with van der Waals surface area (Å²) >= 11 is 0. The molecule has 162 valence electrons. The topological polar surface area (TPSA) is 79.9 Å². The number of unbranched alkanes of at least 4 members (excludes halogenated alkanes) is 1. The standard InChI is InChI=1S/C23H31N3O4/c1-4-5-15-30-21-12-11-19(29-3)16-20(21)25-22(27)13-14-24-23(28)26(2)17-18-9-7-6-8-10-18/h6-12,16H,4-5,13-15,17H2,1-3H3,(H,24,28)(H,25,27). The molecule has 0 radical (unpaired) electrons. The quantitative estimate of drug-likeness (QED) is 0.545. The number of anilines is 1. The van der Waals surface area contributed by atoms with Crippen LogP contribution in [0.3, 0.4) is 0 Å². The van der Waals surface area contributed by atoms with Gasteiger partial charge in [-0.25, -0.2) is 4.79 Å². The van der Waals surface area contributed by atoms with Crippen LogP contribution in [0.2, 0.25) is 0 Å². The highest BCUT2D eigenvalue weighted by Gasteiger charge is 2.12. The van der Waals surface area contributed by atoms with Crippen LogP contribution in [0.15, 0.2) is 48.5 Å². The number of ether oxygens (including phenoxy) is 2. The maximum absolute atomic E-state index is 12.4. The van der Waals surface area contributed by atoms with Crippen molar-refractivity contribution in [3.8, 4) is 11.5 Å². The maximum Gasteiger partial charge on any atom is 0.317 e. The van der Waals surface area contributed by atoms with Gasteiger partial charge in [-0.3, -0.25) is 4.79 Å². The van der Waals surface area contributed by atoms with Crippen LogP contribution in [0.25, 0.3) is 0 Å². The highest BCUT2D eigenvalue weighted by atomic mass is 16.5. The Morgan fingerprint density at radius 1 is 1.10 bits per heavy atom. The Hall–Kier alpha value is -3.22. The van der Waals surface area contributed by atoms with Gasteiger partial charge in [-0.1, -0.05) is 43.7 Å². The predicted molar refractivity (Wildman–Crippen MR) is 118 cm³/mol. The van der Waals surface area contributed by atoms with E-state index in [1.165, 1.54) is 0 Å². The zero-order valence-corrected chi connectivity index (χ0v) is 17.9. The summed E-state index contributed by atoms with van der Waals surface area (Å²) in [6.07, 6.45) is 2.11. The Morgan fingerprint density at radius 2 is 1.87 bits per heavy atom. The van der Waals surface area contributed by atoms with Gasteiger partial charge in [-0.2, -0.15) is 0 Å². The number of methoxy groups -OCH3 is 1. The third-order valence-corrected chi connectivity index (χ3v) is 4.45. The van der Waals surface area contributed by atoms with Crippen molar-refractivity contribution in [2.75, 3.05) is 32.6 Å². The maximum atomic E-state index is 12.4. The fourth-order valence-electron chi connectivity index (χ4n) is 2.75. The molecule has 0 fully saturated rings. The van der Waals surface area contributed by atoms with E-state index in [1.54, 1.807) is 37.3 Å². The Kier molecular flexibility index (Phi) is 9.51.